The molecule has 0 unspecified atom stereocenters. The molecule has 1 aliphatic carbocycles. The average Bonchev–Trinajstić information content (AvgIpc) is 2.60. The van der Waals surface area contributed by atoms with Gasteiger partial charge in [0.05, 0.1) is 17.6 Å². The third-order valence-electron chi connectivity index (χ3n) is 5.82. The van der Waals surface area contributed by atoms with Crippen LogP contribution in [0.25, 0.3) is 5.70 Å². The zero-order valence-electron chi connectivity index (χ0n) is 15.3. The number of nitrogens with zero attached hydrogens (tertiary/aromatic N) is 4. The van der Waals surface area contributed by atoms with Crippen LogP contribution >= 0.6 is 0 Å². The molecule has 1 aliphatic heterocycles. The Bertz CT molecular complexity index is 806. The molecule has 0 aromatic carbocycles. The highest BCUT2D eigenvalue weighted by Gasteiger charge is 2.40. The molecule has 2 heterocycles. The summed E-state index contributed by atoms with van der Waals surface area (Å²) in [7, 11) is 0. The lowest BCUT2D eigenvalue weighted by atomic mass is 9.63. The van der Waals surface area contributed by atoms with Crippen LogP contribution in [-0.4, -0.2) is 40.2 Å². The summed E-state index contributed by atoms with van der Waals surface area (Å²) in [4.78, 5) is 18.5. The van der Waals surface area contributed by atoms with E-state index in [9.17, 15) is 10.1 Å². The van der Waals surface area contributed by atoms with Crippen LogP contribution in [0.3, 0.4) is 0 Å². The molecule has 1 aromatic heterocycles. The Hall–Kier alpha value is -2.68. The number of nitriles is 1. The van der Waals surface area contributed by atoms with E-state index < -0.39 is 0 Å². The molecule has 26 heavy (non-hydrogen) atoms. The number of Topliss-reactive ketones (excluding diaryl/α,β-unsaturated/α-hetero) is 1. The number of hydrogen-bond donors (Lipinski definition) is 1. The second-order valence-electron chi connectivity index (χ2n) is 7.40. The molecule has 0 amide bonds. The zero-order valence-corrected chi connectivity index (χ0v) is 15.3. The maximum Gasteiger partial charge on any atom is 0.172 e. The van der Waals surface area contributed by atoms with Crippen molar-refractivity contribution in [3.63, 3.8) is 0 Å². The van der Waals surface area contributed by atoms with E-state index in [0.29, 0.717) is 16.8 Å². The lowest BCUT2D eigenvalue weighted by Gasteiger charge is -2.49. The molecule has 2 fully saturated rings. The number of carbonyl (C=O) groups is 1. The molecule has 0 atom stereocenters. The van der Waals surface area contributed by atoms with Gasteiger partial charge >= 0.3 is 0 Å². The summed E-state index contributed by atoms with van der Waals surface area (Å²) in [6, 6.07) is 3.89. The topological polar surface area (TPSA) is 89.6 Å². The van der Waals surface area contributed by atoms with Gasteiger partial charge in [-0.25, -0.2) is 0 Å². The molecule has 3 rings (SSSR count). The minimum atomic E-state index is -0.236. The van der Waals surface area contributed by atoms with E-state index in [1.807, 2.05) is 6.92 Å². The van der Waals surface area contributed by atoms with Crippen LogP contribution in [0.4, 0.5) is 0 Å². The Labute approximate surface area is 153 Å². The predicted molar refractivity (Wildman–Crippen MR) is 98.7 cm³/mol. The smallest absolute Gasteiger partial charge is 0.172 e. The van der Waals surface area contributed by atoms with Crippen LogP contribution in [0.15, 0.2) is 23.0 Å². The van der Waals surface area contributed by atoms with Gasteiger partial charge in [0.1, 0.15) is 11.6 Å². The van der Waals surface area contributed by atoms with Gasteiger partial charge < -0.3 is 10.1 Å². The van der Waals surface area contributed by atoms with Crippen molar-refractivity contribution < 1.29 is 10.0 Å². The van der Waals surface area contributed by atoms with Gasteiger partial charge in [-0.1, -0.05) is 11.6 Å². The normalized spacial score (nSPS) is 19.8. The number of allylic oxidation sites excluding steroid dienone is 1. The van der Waals surface area contributed by atoms with Gasteiger partial charge in [0, 0.05) is 24.8 Å². The largest absolute Gasteiger partial charge is 0.411 e. The maximum atomic E-state index is 12.2. The fourth-order valence-electron chi connectivity index (χ4n) is 4.07. The summed E-state index contributed by atoms with van der Waals surface area (Å²) in [5.41, 5.74) is 3.50. The lowest BCUT2D eigenvalue weighted by Crippen LogP contribution is -2.43. The Morgan fingerprint density at radius 2 is 2.08 bits per heavy atom. The van der Waals surface area contributed by atoms with Gasteiger partial charge in [-0.3, -0.25) is 9.78 Å². The minimum Gasteiger partial charge on any atom is -0.411 e. The zero-order chi connectivity index (χ0) is 18.7. The summed E-state index contributed by atoms with van der Waals surface area (Å²) >= 11 is 0. The molecular formula is C20H24N4O2. The Morgan fingerprint density at radius 1 is 1.38 bits per heavy atom. The molecule has 1 saturated heterocycles. The number of carbonyl (C=O) groups excluding carboxylic acids is 1. The number of aryl methyl sites for hydroxylation is 1. The van der Waals surface area contributed by atoms with E-state index >= 15 is 0 Å². The summed E-state index contributed by atoms with van der Waals surface area (Å²) in [5.74, 6) is -0.236. The molecule has 0 radical (unpaired) electrons. The van der Waals surface area contributed by atoms with Crippen molar-refractivity contribution in [2.24, 2.45) is 10.6 Å². The first-order valence-corrected chi connectivity index (χ1v) is 9.04. The van der Waals surface area contributed by atoms with Gasteiger partial charge in [-0.2, -0.15) is 5.26 Å². The first-order chi connectivity index (χ1) is 12.5. The molecule has 2 aliphatic rings. The Balaban J connectivity index is 2.04. The number of rotatable bonds is 4. The molecule has 6 heteroatoms. The van der Waals surface area contributed by atoms with Crippen molar-refractivity contribution in [2.75, 3.05) is 13.1 Å². The van der Waals surface area contributed by atoms with Crippen LogP contribution in [-0.2, 0) is 4.79 Å². The number of oxime groups is 1. The van der Waals surface area contributed by atoms with Crippen molar-refractivity contribution in [1.82, 2.24) is 9.88 Å². The Kier molecular flexibility index (Phi) is 5.08. The van der Waals surface area contributed by atoms with Crippen molar-refractivity contribution in [2.45, 2.75) is 46.0 Å². The van der Waals surface area contributed by atoms with Crippen LogP contribution in [0.5, 0.6) is 0 Å². The van der Waals surface area contributed by atoms with E-state index in [-0.39, 0.29) is 11.4 Å². The van der Waals surface area contributed by atoms with Crippen molar-refractivity contribution in [3.8, 4) is 6.07 Å². The van der Waals surface area contributed by atoms with Crippen LogP contribution in [0, 0.1) is 23.7 Å². The minimum absolute atomic E-state index is 0.177. The third kappa shape index (κ3) is 3.34. The van der Waals surface area contributed by atoms with E-state index in [1.54, 1.807) is 12.3 Å². The highest BCUT2D eigenvalue weighted by molar-refractivity contribution is 6.04. The molecule has 6 nitrogen and oxygen atoms in total. The summed E-state index contributed by atoms with van der Waals surface area (Å²) < 4.78 is 0. The van der Waals surface area contributed by atoms with E-state index in [4.69, 9.17) is 5.21 Å². The maximum absolute atomic E-state index is 12.2. The highest BCUT2D eigenvalue weighted by Crippen LogP contribution is 2.49. The standard InChI is InChI=1S/C20H24N4O2/c1-14-12-22-16(13-23-26)10-17(14)19(18(11-21)15(2)25)24-8-6-20(7-9-24)4-3-5-20/h10,12-13,26H,3-9H2,1-2H3/b19-18+,23-13+. The fourth-order valence-corrected chi connectivity index (χ4v) is 4.07. The van der Waals surface area contributed by atoms with Crippen molar-refractivity contribution in [1.29, 1.82) is 5.26 Å². The highest BCUT2D eigenvalue weighted by atomic mass is 16.4. The van der Waals surface area contributed by atoms with Crippen LogP contribution in [0.1, 0.15) is 55.8 Å². The average molecular weight is 352 g/mol. The number of pyridine rings is 1. The Morgan fingerprint density at radius 3 is 2.58 bits per heavy atom. The summed E-state index contributed by atoms with van der Waals surface area (Å²) in [6.45, 7) is 5.04. The van der Waals surface area contributed by atoms with Crippen molar-refractivity contribution in [3.05, 3.63) is 34.7 Å². The molecule has 1 N–H and O–H groups in total. The molecule has 1 aromatic rings. The molecule has 136 valence electrons. The second-order valence-corrected chi connectivity index (χ2v) is 7.40. The molecule has 1 saturated carbocycles. The van der Waals surface area contributed by atoms with Gasteiger partial charge in [0.2, 0.25) is 0 Å². The van der Waals surface area contributed by atoms with Crippen molar-refractivity contribution >= 4 is 17.7 Å². The molecule has 0 bridgehead atoms. The quantitative estimate of drug-likeness (QED) is 0.295. The number of piperidine rings is 1. The fraction of sp³-hybridized carbons (Fsp3) is 0.500. The molecular weight excluding hydrogens is 328 g/mol. The summed E-state index contributed by atoms with van der Waals surface area (Å²) in [5, 5.41) is 21.5. The predicted octanol–water partition coefficient (Wildman–Crippen LogP) is 3.29. The number of likely N-dealkylation sites (tertiary alicyclic amines) is 1. The first kappa shape index (κ1) is 18.1. The number of ketones is 1. The van der Waals surface area contributed by atoms with Gasteiger partial charge in [0.15, 0.2) is 5.78 Å². The lowest BCUT2D eigenvalue weighted by molar-refractivity contribution is -0.113. The van der Waals surface area contributed by atoms with E-state index in [0.717, 1.165) is 37.1 Å². The third-order valence-corrected chi connectivity index (χ3v) is 5.82. The van der Waals surface area contributed by atoms with Crippen LogP contribution < -0.4 is 0 Å². The van der Waals surface area contributed by atoms with E-state index in [2.05, 4.69) is 21.1 Å². The van der Waals surface area contributed by atoms with Gasteiger partial charge in [-0.05, 0) is 56.6 Å². The first-order valence-electron chi connectivity index (χ1n) is 9.04. The second kappa shape index (κ2) is 7.28. The SMILES string of the molecule is CC(=O)/C(C#N)=C(\c1cc(/C=N/O)ncc1C)N1CCC2(CCC2)CC1. The van der Waals surface area contributed by atoms with Crippen LogP contribution in [0.2, 0.25) is 0 Å². The monoisotopic (exact) mass is 352 g/mol. The van der Waals surface area contributed by atoms with Gasteiger partial charge in [-0.15, -0.1) is 0 Å². The number of aromatic nitrogens is 1. The molecule has 1 spiro atoms. The number of hydrogen-bond acceptors (Lipinski definition) is 6. The summed E-state index contributed by atoms with van der Waals surface area (Å²) in [6.07, 6.45) is 9.03. The van der Waals surface area contributed by atoms with E-state index in [1.165, 1.54) is 32.4 Å². The van der Waals surface area contributed by atoms with Gasteiger partial charge in [0.25, 0.3) is 0 Å².